The van der Waals surface area contributed by atoms with Crippen LogP contribution >= 0.6 is 0 Å². The highest BCUT2D eigenvalue weighted by Gasteiger charge is 2.11. The molecular weight excluding hydrogens is 278 g/mol. The van der Waals surface area contributed by atoms with Crippen LogP contribution in [0, 0.1) is 6.92 Å². The Balaban J connectivity index is 2.09. The van der Waals surface area contributed by atoms with Gasteiger partial charge in [-0.05, 0) is 44.3 Å². The minimum Gasteiger partial charge on any atom is -0.340 e. The molecule has 2 aromatic rings. The van der Waals surface area contributed by atoms with Gasteiger partial charge in [0.15, 0.2) is 5.82 Å². The molecule has 0 fully saturated rings. The number of hydrogen-bond acceptors (Lipinski definition) is 5. The fraction of sp³-hybridized carbons (Fsp3) is 0.312. The third-order valence-electron chi connectivity index (χ3n) is 3.22. The highest BCUT2D eigenvalue weighted by atomic mass is 16.2. The molecule has 0 saturated heterocycles. The minimum absolute atomic E-state index is 0.00566. The Hall–Kier alpha value is -2.47. The van der Waals surface area contributed by atoms with E-state index >= 15 is 0 Å². The Labute approximate surface area is 130 Å². The predicted molar refractivity (Wildman–Crippen MR) is 87.4 cm³/mol. The van der Waals surface area contributed by atoms with Crippen LogP contribution in [0.1, 0.15) is 16.1 Å². The molecule has 1 aromatic heterocycles. The first-order valence-corrected chi connectivity index (χ1v) is 7.17. The summed E-state index contributed by atoms with van der Waals surface area (Å²) in [6, 6.07) is 11.1. The summed E-state index contributed by atoms with van der Waals surface area (Å²) in [5, 5.41) is 14.2. The SMILES string of the molecule is CNCCN(C)C(=O)c1cccc(Nc2ccc(C)nn2)c1. The molecule has 0 aliphatic rings. The second-order valence-electron chi connectivity index (χ2n) is 5.10. The molecule has 1 heterocycles. The van der Waals surface area contributed by atoms with Gasteiger partial charge in [-0.25, -0.2) is 0 Å². The molecular formula is C16H21N5O. The standard InChI is InChI=1S/C16H21N5O/c1-12-7-8-15(20-19-12)18-14-6-4-5-13(11-14)16(22)21(3)10-9-17-2/h4-8,11,17H,9-10H2,1-3H3,(H,18,20). The van der Waals surface area contributed by atoms with Gasteiger partial charge in [-0.15, -0.1) is 5.10 Å². The van der Waals surface area contributed by atoms with Gasteiger partial charge in [0.25, 0.3) is 5.91 Å². The van der Waals surface area contributed by atoms with Crippen LogP contribution in [-0.2, 0) is 0 Å². The van der Waals surface area contributed by atoms with Crippen LogP contribution < -0.4 is 10.6 Å². The van der Waals surface area contributed by atoms with E-state index in [1.165, 1.54) is 0 Å². The molecule has 2 rings (SSSR count). The fourth-order valence-corrected chi connectivity index (χ4v) is 1.94. The summed E-state index contributed by atoms with van der Waals surface area (Å²) in [6.07, 6.45) is 0. The monoisotopic (exact) mass is 299 g/mol. The Kier molecular flexibility index (Phi) is 5.43. The lowest BCUT2D eigenvalue weighted by Gasteiger charge is -2.17. The molecule has 0 unspecified atom stereocenters. The predicted octanol–water partition coefficient (Wildman–Crippen LogP) is 1.82. The Morgan fingerprint density at radius 3 is 2.73 bits per heavy atom. The van der Waals surface area contributed by atoms with Crippen molar-refractivity contribution < 1.29 is 4.79 Å². The number of aryl methyl sites for hydroxylation is 1. The molecule has 0 bridgehead atoms. The first-order valence-electron chi connectivity index (χ1n) is 7.17. The maximum atomic E-state index is 12.3. The van der Waals surface area contributed by atoms with Crippen molar-refractivity contribution in [1.82, 2.24) is 20.4 Å². The van der Waals surface area contributed by atoms with Gasteiger partial charge in [-0.2, -0.15) is 5.10 Å². The smallest absolute Gasteiger partial charge is 0.253 e. The topological polar surface area (TPSA) is 70.2 Å². The van der Waals surface area contributed by atoms with Gasteiger partial charge in [0, 0.05) is 31.4 Å². The highest BCUT2D eigenvalue weighted by molar-refractivity contribution is 5.95. The number of carbonyl (C=O) groups excluding carboxylic acids is 1. The number of nitrogens with zero attached hydrogens (tertiary/aromatic N) is 3. The quantitative estimate of drug-likeness (QED) is 0.851. The number of anilines is 2. The van der Waals surface area contributed by atoms with E-state index < -0.39 is 0 Å². The summed E-state index contributed by atoms with van der Waals surface area (Å²) >= 11 is 0. The number of nitrogens with one attached hydrogen (secondary N) is 2. The molecule has 22 heavy (non-hydrogen) atoms. The van der Waals surface area contributed by atoms with Gasteiger partial charge in [0.1, 0.15) is 0 Å². The molecule has 0 saturated carbocycles. The molecule has 116 valence electrons. The van der Waals surface area contributed by atoms with Gasteiger partial charge in [0.05, 0.1) is 5.69 Å². The van der Waals surface area contributed by atoms with Gasteiger partial charge in [0.2, 0.25) is 0 Å². The van der Waals surface area contributed by atoms with Crippen LogP contribution in [-0.4, -0.2) is 48.2 Å². The van der Waals surface area contributed by atoms with Crippen LogP contribution in [0.25, 0.3) is 0 Å². The Morgan fingerprint density at radius 2 is 2.05 bits per heavy atom. The van der Waals surface area contributed by atoms with Crippen molar-refractivity contribution in [3.05, 3.63) is 47.7 Å². The summed E-state index contributed by atoms with van der Waals surface area (Å²) in [4.78, 5) is 14.0. The van der Waals surface area contributed by atoms with Crippen LogP contribution in [0.2, 0.25) is 0 Å². The molecule has 0 aliphatic heterocycles. The van der Waals surface area contributed by atoms with Crippen molar-refractivity contribution in [3.8, 4) is 0 Å². The summed E-state index contributed by atoms with van der Waals surface area (Å²) in [7, 11) is 3.66. The molecule has 1 aromatic carbocycles. The van der Waals surface area contributed by atoms with Crippen molar-refractivity contribution in [2.75, 3.05) is 32.5 Å². The largest absolute Gasteiger partial charge is 0.340 e. The minimum atomic E-state index is -0.00566. The van der Waals surface area contributed by atoms with Gasteiger partial charge < -0.3 is 15.5 Å². The zero-order valence-electron chi connectivity index (χ0n) is 13.1. The van der Waals surface area contributed by atoms with Crippen LogP contribution in [0.15, 0.2) is 36.4 Å². The average molecular weight is 299 g/mol. The summed E-state index contributed by atoms with van der Waals surface area (Å²) < 4.78 is 0. The number of benzene rings is 1. The summed E-state index contributed by atoms with van der Waals surface area (Å²) in [6.45, 7) is 3.31. The van der Waals surface area contributed by atoms with E-state index in [9.17, 15) is 4.79 Å². The Bertz CT molecular complexity index is 627. The van der Waals surface area contributed by atoms with Crippen molar-refractivity contribution in [2.24, 2.45) is 0 Å². The number of likely N-dealkylation sites (N-methyl/N-ethyl adjacent to an activating group) is 2. The first kappa shape index (κ1) is 15.9. The maximum Gasteiger partial charge on any atom is 0.253 e. The number of amides is 1. The molecule has 6 heteroatoms. The van der Waals surface area contributed by atoms with Gasteiger partial charge >= 0.3 is 0 Å². The van der Waals surface area contributed by atoms with E-state index in [0.29, 0.717) is 17.9 Å². The lowest BCUT2D eigenvalue weighted by Crippen LogP contribution is -2.32. The molecule has 0 radical (unpaired) electrons. The second kappa shape index (κ2) is 7.51. The number of hydrogen-bond donors (Lipinski definition) is 2. The second-order valence-corrected chi connectivity index (χ2v) is 5.10. The van der Waals surface area contributed by atoms with Crippen molar-refractivity contribution in [3.63, 3.8) is 0 Å². The normalized spacial score (nSPS) is 10.3. The first-order chi connectivity index (χ1) is 10.6. The van der Waals surface area contributed by atoms with E-state index in [-0.39, 0.29) is 5.91 Å². The molecule has 0 atom stereocenters. The number of carbonyl (C=O) groups is 1. The Morgan fingerprint density at radius 1 is 1.23 bits per heavy atom. The van der Waals surface area contributed by atoms with Crippen molar-refractivity contribution >= 4 is 17.4 Å². The van der Waals surface area contributed by atoms with Crippen LogP contribution in [0.5, 0.6) is 0 Å². The third-order valence-corrected chi connectivity index (χ3v) is 3.22. The van der Waals surface area contributed by atoms with Gasteiger partial charge in [-0.3, -0.25) is 4.79 Å². The highest BCUT2D eigenvalue weighted by Crippen LogP contribution is 2.16. The maximum absolute atomic E-state index is 12.3. The zero-order valence-corrected chi connectivity index (χ0v) is 13.1. The number of aromatic nitrogens is 2. The summed E-state index contributed by atoms with van der Waals surface area (Å²) in [5.74, 6) is 0.646. The van der Waals surface area contributed by atoms with Crippen LogP contribution in [0.3, 0.4) is 0 Å². The molecule has 1 amide bonds. The third kappa shape index (κ3) is 4.26. The molecule has 6 nitrogen and oxygen atoms in total. The molecule has 0 spiro atoms. The van der Waals surface area contributed by atoms with E-state index in [1.54, 1.807) is 11.9 Å². The van der Waals surface area contributed by atoms with E-state index in [2.05, 4.69) is 20.8 Å². The van der Waals surface area contributed by atoms with E-state index in [0.717, 1.165) is 17.9 Å². The lowest BCUT2D eigenvalue weighted by atomic mass is 10.1. The lowest BCUT2D eigenvalue weighted by molar-refractivity contribution is 0.0797. The van der Waals surface area contributed by atoms with Gasteiger partial charge in [-0.1, -0.05) is 6.07 Å². The van der Waals surface area contributed by atoms with E-state index in [1.807, 2.05) is 50.4 Å². The zero-order chi connectivity index (χ0) is 15.9. The fourth-order valence-electron chi connectivity index (χ4n) is 1.94. The molecule has 2 N–H and O–H groups in total. The molecule has 0 aliphatic carbocycles. The number of rotatable bonds is 6. The van der Waals surface area contributed by atoms with E-state index in [4.69, 9.17) is 0 Å². The van der Waals surface area contributed by atoms with Crippen LogP contribution in [0.4, 0.5) is 11.5 Å². The van der Waals surface area contributed by atoms with Crippen molar-refractivity contribution in [1.29, 1.82) is 0 Å². The summed E-state index contributed by atoms with van der Waals surface area (Å²) in [5.41, 5.74) is 2.32. The average Bonchev–Trinajstić information content (AvgIpc) is 2.54. The van der Waals surface area contributed by atoms with Crippen molar-refractivity contribution in [2.45, 2.75) is 6.92 Å².